The number of para-hydroxylation sites is 1. The van der Waals surface area contributed by atoms with Crippen molar-refractivity contribution in [1.29, 1.82) is 0 Å². The molecule has 0 bridgehead atoms. The number of amides is 1. The standard InChI is InChI=1S/C26H26N2O5/c1-3-32-26(31)24-17(2)20-10-4-5-11-21(20)27-22(24)16-33-25(30)19-9-6-8-18(14-19)15-28-13-7-12-23(28)29/h4-6,8-11,14H,3,7,12-13,15-16H2,1-2H3. The first-order chi connectivity index (χ1) is 16.0. The van der Waals surface area contributed by atoms with E-state index in [0.29, 0.717) is 35.3 Å². The summed E-state index contributed by atoms with van der Waals surface area (Å²) in [4.78, 5) is 43.7. The highest BCUT2D eigenvalue weighted by Gasteiger charge is 2.22. The Kier molecular flexibility index (Phi) is 6.68. The van der Waals surface area contributed by atoms with Crippen LogP contribution in [0.3, 0.4) is 0 Å². The summed E-state index contributed by atoms with van der Waals surface area (Å²) in [5.74, 6) is -0.879. The Hall–Kier alpha value is -3.74. The Bertz CT molecular complexity index is 1220. The Morgan fingerprint density at radius 2 is 1.88 bits per heavy atom. The fourth-order valence-electron chi connectivity index (χ4n) is 4.12. The zero-order valence-corrected chi connectivity index (χ0v) is 18.8. The van der Waals surface area contributed by atoms with E-state index in [2.05, 4.69) is 4.98 Å². The maximum atomic E-state index is 12.8. The minimum Gasteiger partial charge on any atom is -0.462 e. The van der Waals surface area contributed by atoms with E-state index in [1.807, 2.05) is 37.3 Å². The summed E-state index contributed by atoms with van der Waals surface area (Å²) in [5.41, 5.74) is 3.39. The molecule has 1 aliphatic heterocycles. The van der Waals surface area contributed by atoms with Crippen molar-refractivity contribution in [1.82, 2.24) is 9.88 Å². The molecule has 170 valence electrons. The van der Waals surface area contributed by atoms with Crippen molar-refractivity contribution in [3.8, 4) is 0 Å². The highest BCUT2D eigenvalue weighted by atomic mass is 16.5. The van der Waals surface area contributed by atoms with Crippen molar-refractivity contribution in [3.63, 3.8) is 0 Å². The molecule has 0 atom stereocenters. The summed E-state index contributed by atoms with van der Waals surface area (Å²) in [6.07, 6.45) is 1.43. The van der Waals surface area contributed by atoms with Crippen LogP contribution < -0.4 is 0 Å². The largest absolute Gasteiger partial charge is 0.462 e. The lowest BCUT2D eigenvalue weighted by Gasteiger charge is -2.16. The first kappa shape index (κ1) is 22.5. The zero-order chi connectivity index (χ0) is 23.4. The van der Waals surface area contributed by atoms with Crippen LogP contribution >= 0.6 is 0 Å². The number of hydrogen-bond donors (Lipinski definition) is 0. The molecule has 0 aliphatic carbocycles. The Balaban J connectivity index is 1.55. The minimum absolute atomic E-state index is 0.132. The summed E-state index contributed by atoms with van der Waals surface area (Å²) in [6, 6.07) is 14.6. The SMILES string of the molecule is CCOC(=O)c1c(COC(=O)c2cccc(CN3CCCC3=O)c2)nc2ccccc2c1C. The lowest BCUT2D eigenvalue weighted by Crippen LogP contribution is -2.24. The van der Waals surface area contributed by atoms with Gasteiger partial charge in [-0.1, -0.05) is 30.3 Å². The molecule has 0 spiro atoms. The molecular formula is C26H26N2O5. The van der Waals surface area contributed by atoms with Crippen LogP contribution in [0.2, 0.25) is 0 Å². The number of carbonyl (C=O) groups excluding carboxylic acids is 3. The third-order valence-corrected chi connectivity index (χ3v) is 5.75. The van der Waals surface area contributed by atoms with E-state index >= 15 is 0 Å². The fraction of sp³-hybridized carbons (Fsp3) is 0.308. The molecule has 7 nitrogen and oxygen atoms in total. The number of carbonyl (C=O) groups is 3. The number of fused-ring (bicyclic) bond motifs is 1. The van der Waals surface area contributed by atoms with E-state index in [9.17, 15) is 14.4 Å². The van der Waals surface area contributed by atoms with Crippen molar-refractivity contribution in [2.24, 2.45) is 0 Å². The number of esters is 2. The van der Waals surface area contributed by atoms with Gasteiger partial charge in [-0.25, -0.2) is 14.6 Å². The van der Waals surface area contributed by atoms with E-state index in [1.165, 1.54) is 0 Å². The molecule has 1 amide bonds. The summed E-state index contributed by atoms with van der Waals surface area (Å²) in [7, 11) is 0. The van der Waals surface area contributed by atoms with E-state index in [1.54, 1.807) is 30.0 Å². The van der Waals surface area contributed by atoms with E-state index < -0.39 is 11.9 Å². The number of pyridine rings is 1. The van der Waals surface area contributed by atoms with Gasteiger partial charge in [-0.15, -0.1) is 0 Å². The highest BCUT2D eigenvalue weighted by Crippen LogP contribution is 2.25. The van der Waals surface area contributed by atoms with Gasteiger partial charge in [-0.05, 0) is 49.6 Å². The van der Waals surface area contributed by atoms with E-state index in [-0.39, 0.29) is 19.1 Å². The van der Waals surface area contributed by atoms with Crippen molar-refractivity contribution in [2.75, 3.05) is 13.2 Å². The number of ether oxygens (including phenoxy) is 2. The van der Waals surface area contributed by atoms with E-state index in [4.69, 9.17) is 9.47 Å². The molecule has 3 aromatic rings. The first-order valence-electron chi connectivity index (χ1n) is 11.1. The summed E-state index contributed by atoms with van der Waals surface area (Å²) < 4.78 is 10.8. The van der Waals surface area contributed by atoms with Gasteiger partial charge in [0.1, 0.15) is 6.61 Å². The maximum Gasteiger partial charge on any atom is 0.340 e. The van der Waals surface area contributed by atoms with Crippen molar-refractivity contribution >= 4 is 28.7 Å². The topological polar surface area (TPSA) is 85.8 Å². The van der Waals surface area contributed by atoms with Gasteiger partial charge >= 0.3 is 11.9 Å². The normalized spacial score (nSPS) is 13.4. The Morgan fingerprint density at radius 3 is 2.64 bits per heavy atom. The second kappa shape index (κ2) is 9.81. The lowest BCUT2D eigenvalue weighted by atomic mass is 10.0. The van der Waals surface area contributed by atoms with Gasteiger partial charge in [0.15, 0.2) is 0 Å². The molecule has 4 rings (SSSR count). The molecule has 2 heterocycles. The average Bonchev–Trinajstić information content (AvgIpc) is 3.22. The van der Waals surface area contributed by atoms with Crippen molar-refractivity contribution in [2.45, 2.75) is 39.8 Å². The molecule has 1 aromatic heterocycles. The molecule has 7 heteroatoms. The summed E-state index contributed by atoms with van der Waals surface area (Å²) >= 11 is 0. The van der Waals surface area contributed by atoms with Gasteiger partial charge < -0.3 is 14.4 Å². The molecule has 0 radical (unpaired) electrons. The van der Waals surface area contributed by atoms with Gasteiger partial charge in [0.2, 0.25) is 5.91 Å². The monoisotopic (exact) mass is 446 g/mol. The maximum absolute atomic E-state index is 12.8. The van der Waals surface area contributed by atoms with Crippen LogP contribution in [0.25, 0.3) is 10.9 Å². The van der Waals surface area contributed by atoms with Gasteiger partial charge in [-0.3, -0.25) is 4.79 Å². The van der Waals surface area contributed by atoms with Crippen LogP contribution in [-0.4, -0.2) is 40.9 Å². The minimum atomic E-state index is -0.521. The number of nitrogens with zero attached hydrogens (tertiary/aromatic N) is 2. The Morgan fingerprint density at radius 1 is 1.06 bits per heavy atom. The quantitative estimate of drug-likeness (QED) is 0.506. The molecule has 0 saturated carbocycles. The first-order valence-corrected chi connectivity index (χ1v) is 11.1. The van der Waals surface area contributed by atoms with Crippen LogP contribution in [0.1, 0.15) is 57.3 Å². The Labute approximate surface area is 192 Å². The van der Waals surface area contributed by atoms with Crippen molar-refractivity contribution in [3.05, 3.63) is 76.5 Å². The second-order valence-corrected chi connectivity index (χ2v) is 7.99. The number of benzene rings is 2. The number of rotatable bonds is 7. The summed E-state index contributed by atoms with van der Waals surface area (Å²) in [5, 5.41) is 0.847. The number of hydrogen-bond acceptors (Lipinski definition) is 6. The highest BCUT2D eigenvalue weighted by molar-refractivity contribution is 5.98. The molecule has 0 unspecified atom stereocenters. The zero-order valence-electron chi connectivity index (χ0n) is 18.8. The molecule has 1 saturated heterocycles. The fourth-order valence-corrected chi connectivity index (χ4v) is 4.12. The smallest absolute Gasteiger partial charge is 0.340 e. The van der Waals surface area contributed by atoms with Crippen molar-refractivity contribution < 1.29 is 23.9 Å². The molecule has 0 N–H and O–H groups in total. The van der Waals surface area contributed by atoms with Gasteiger partial charge in [0.25, 0.3) is 0 Å². The number of likely N-dealkylation sites (tertiary alicyclic amines) is 1. The molecular weight excluding hydrogens is 420 g/mol. The third kappa shape index (κ3) is 4.87. The van der Waals surface area contributed by atoms with Gasteiger partial charge in [0.05, 0.1) is 28.9 Å². The third-order valence-electron chi connectivity index (χ3n) is 5.75. The van der Waals surface area contributed by atoms with E-state index in [0.717, 1.165) is 29.5 Å². The molecule has 1 aliphatic rings. The second-order valence-electron chi connectivity index (χ2n) is 7.99. The van der Waals surface area contributed by atoms with Crippen LogP contribution in [0.4, 0.5) is 0 Å². The molecule has 1 fully saturated rings. The predicted octanol–water partition coefficient (Wildman–Crippen LogP) is 4.20. The summed E-state index contributed by atoms with van der Waals surface area (Å²) in [6.45, 7) is 4.86. The number of aryl methyl sites for hydroxylation is 1. The van der Waals surface area contributed by atoms with Crippen LogP contribution in [0, 0.1) is 6.92 Å². The molecule has 2 aromatic carbocycles. The van der Waals surface area contributed by atoms with Gasteiger partial charge in [0, 0.05) is 24.9 Å². The average molecular weight is 447 g/mol. The lowest BCUT2D eigenvalue weighted by molar-refractivity contribution is -0.128. The van der Waals surface area contributed by atoms with Gasteiger partial charge in [-0.2, -0.15) is 0 Å². The van der Waals surface area contributed by atoms with Crippen LogP contribution in [0.15, 0.2) is 48.5 Å². The van der Waals surface area contributed by atoms with Crippen LogP contribution in [-0.2, 0) is 27.4 Å². The van der Waals surface area contributed by atoms with Crippen LogP contribution in [0.5, 0.6) is 0 Å². The molecule has 33 heavy (non-hydrogen) atoms. The predicted molar refractivity (Wildman–Crippen MR) is 123 cm³/mol. The number of aromatic nitrogens is 1.